The summed E-state index contributed by atoms with van der Waals surface area (Å²) in [5, 5.41) is 0. The third-order valence-corrected chi connectivity index (χ3v) is 1.75. The summed E-state index contributed by atoms with van der Waals surface area (Å²) in [6.07, 6.45) is 4.63. The first-order chi connectivity index (χ1) is 4.15. The zero-order valence-electron chi connectivity index (χ0n) is 6.91. The standard InChI is InChI=1S/C7H14/c1-7(2)5-3-4-6-7/h3-6H2,1-2H3/i1D2. The predicted molar refractivity (Wildman–Crippen MR) is 32.2 cm³/mol. The van der Waals surface area contributed by atoms with Gasteiger partial charge in [-0.3, -0.25) is 0 Å². The fourth-order valence-corrected chi connectivity index (χ4v) is 1.18. The molecule has 42 valence electrons. The van der Waals surface area contributed by atoms with Crippen molar-refractivity contribution in [2.75, 3.05) is 0 Å². The van der Waals surface area contributed by atoms with Gasteiger partial charge in [-0.05, 0) is 18.3 Å². The molecule has 0 amide bonds. The second kappa shape index (κ2) is 1.50. The first-order valence-corrected chi connectivity index (χ1v) is 3.00. The Morgan fingerprint density at radius 3 is 2.29 bits per heavy atom. The van der Waals surface area contributed by atoms with Gasteiger partial charge in [0.15, 0.2) is 0 Å². The average Bonchev–Trinajstić information content (AvgIpc) is 2.16. The fourth-order valence-electron chi connectivity index (χ4n) is 1.18. The molecule has 0 bridgehead atoms. The van der Waals surface area contributed by atoms with Crippen LogP contribution in [-0.4, -0.2) is 0 Å². The van der Waals surface area contributed by atoms with Crippen LogP contribution in [0.1, 0.15) is 42.2 Å². The summed E-state index contributed by atoms with van der Waals surface area (Å²) in [6, 6.07) is 0. The molecule has 0 aromatic heterocycles. The van der Waals surface area contributed by atoms with Gasteiger partial charge in [-0.2, -0.15) is 0 Å². The van der Waals surface area contributed by atoms with Crippen molar-refractivity contribution in [2.24, 2.45) is 5.41 Å². The van der Waals surface area contributed by atoms with Crippen LogP contribution in [0.25, 0.3) is 0 Å². The second-order valence-electron chi connectivity index (χ2n) is 2.86. The number of rotatable bonds is 0. The van der Waals surface area contributed by atoms with Crippen LogP contribution in [0, 0.1) is 5.41 Å². The lowest BCUT2D eigenvalue weighted by molar-refractivity contribution is 0.382. The highest BCUT2D eigenvalue weighted by atomic mass is 14.3. The van der Waals surface area contributed by atoms with Gasteiger partial charge in [-0.1, -0.05) is 26.6 Å². The smallest absolute Gasteiger partial charge is 0.0236 e. The monoisotopic (exact) mass is 100 g/mol. The Hall–Kier alpha value is 0. The Bertz CT molecular complexity index is 93.1. The van der Waals surface area contributed by atoms with Gasteiger partial charge in [-0.25, -0.2) is 0 Å². The molecule has 0 aliphatic heterocycles. The summed E-state index contributed by atoms with van der Waals surface area (Å²) in [6.45, 7) is 1.45. The summed E-state index contributed by atoms with van der Waals surface area (Å²) >= 11 is 0. The molecule has 0 spiro atoms. The van der Waals surface area contributed by atoms with E-state index in [0.29, 0.717) is 0 Å². The van der Waals surface area contributed by atoms with E-state index < -0.39 is 6.88 Å². The summed E-state index contributed by atoms with van der Waals surface area (Å²) in [5.41, 5.74) is 0.0278. The maximum Gasteiger partial charge on any atom is 0.0236 e. The van der Waals surface area contributed by atoms with Crippen molar-refractivity contribution in [1.82, 2.24) is 0 Å². The van der Waals surface area contributed by atoms with E-state index in [2.05, 4.69) is 6.92 Å². The minimum Gasteiger partial charge on any atom is -0.0599 e. The van der Waals surface area contributed by atoms with E-state index in [1.807, 2.05) is 0 Å². The SMILES string of the molecule is [2H]C([2H])C1(C)CCCC1. The summed E-state index contributed by atoms with van der Waals surface area (Å²) < 4.78 is 14.5. The minimum absolute atomic E-state index is 0.0278. The zero-order valence-corrected chi connectivity index (χ0v) is 4.91. The molecular formula is C7H14. The zero-order chi connectivity index (χ0) is 6.91. The lowest BCUT2D eigenvalue weighted by Gasteiger charge is -2.13. The van der Waals surface area contributed by atoms with Crippen LogP contribution >= 0.6 is 0 Å². The van der Waals surface area contributed by atoms with Gasteiger partial charge < -0.3 is 0 Å². The van der Waals surface area contributed by atoms with Crippen LogP contribution in [-0.2, 0) is 0 Å². The normalized spacial score (nSPS) is 32.9. The molecule has 0 aromatic rings. The molecule has 0 saturated heterocycles. The van der Waals surface area contributed by atoms with E-state index in [0.717, 1.165) is 12.8 Å². The fraction of sp³-hybridized carbons (Fsp3) is 1.00. The van der Waals surface area contributed by atoms with Crippen molar-refractivity contribution in [1.29, 1.82) is 0 Å². The van der Waals surface area contributed by atoms with Crippen LogP contribution in [0.4, 0.5) is 0 Å². The molecule has 0 radical (unpaired) electrons. The molecule has 0 N–H and O–H groups in total. The van der Waals surface area contributed by atoms with Crippen molar-refractivity contribution in [3.63, 3.8) is 0 Å². The topological polar surface area (TPSA) is 0 Å². The van der Waals surface area contributed by atoms with Gasteiger partial charge in [-0.15, -0.1) is 0 Å². The average molecular weight is 100 g/mol. The first-order valence-electron chi connectivity index (χ1n) is 4.15. The van der Waals surface area contributed by atoms with Gasteiger partial charge in [0.25, 0.3) is 0 Å². The molecule has 1 rings (SSSR count). The highest BCUT2D eigenvalue weighted by molar-refractivity contribution is 4.74. The third-order valence-electron chi connectivity index (χ3n) is 1.75. The second-order valence-corrected chi connectivity index (χ2v) is 2.86. The molecule has 0 nitrogen and oxygen atoms in total. The van der Waals surface area contributed by atoms with Gasteiger partial charge in [0.2, 0.25) is 0 Å². The van der Waals surface area contributed by atoms with Gasteiger partial charge in [0.05, 0.1) is 0 Å². The van der Waals surface area contributed by atoms with E-state index in [9.17, 15) is 0 Å². The van der Waals surface area contributed by atoms with E-state index >= 15 is 0 Å². The molecule has 1 fully saturated rings. The molecule has 7 heavy (non-hydrogen) atoms. The lowest BCUT2D eigenvalue weighted by atomic mass is 9.92. The quantitative estimate of drug-likeness (QED) is 0.439. The molecular weight excluding hydrogens is 84.1 g/mol. The maximum absolute atomic E-state index is 7.24. The summed E-state index contributed by atoms with van der Waals surface area (Å²) in [7, 11) is 0. The van der Waals surface area contributed by atoms with Gasteiger partial charge >= 0.3 is 0 Å². The van der Waals surface area contributed by atoms with Crippen molar-refractivity contribution in [3.8, 4) is 0 Å². The van der Waals surface area contributed by atoms with E-state index in [1.54, 1.807) is 0 Å². The van der Waals surface area contributed by atoms with Crippen molar-refractivity contribution in [2.45, 2.75) is 39.5 Å². The van der Waals surface area contributed by atoms with Crippen LogP contribution in [0.15, 0.2) is 0 Å². The van der Waals surface area contributed by atoms with Crippen LogP contribution in [0.2, 0.25) is 0 Å². The molecule has 1 saturated carbocycles. The Morgan fingerprint density at radius 2 is 2.00 bits per heavy atom. The minimum atomic E-state index is -0.611. The van der Waals surface area contributed by atoms with Crippen molar-refractivity contribution < 1.29 is 2.74 Å². The van der Waals surface area contributed by atoms with Gasteiger partial charge in [0, 0.05) is 2.74 Å². The van der Waals surface area contributed by atoms with Gasteiger partial charge in [0.1, 0.15) is 0 Å². The molecule has 1 aliphatic rings. The Morgan fingerprint density at radius 1 is 1.43 bits per heavy atom. The molecule has 0 aromatic carbocycles. The number of hydrogen-bond acceptors (Lipinski definition) is 0. The lowest BCUT2D eigenvalue weighted by Crippen LogP contribution is -2.01. The molecule has 0 atom stereocenters. The number of hydrogen-bond donors (Lipinski definition) is 0. The molecule has 1 aliphatic carbocycles. The highest BCUT2D eigenvalue weighted by Crippen LogP contribution is 2.36. The molecule has 0 unspecified atom stereocenters. The summed E-state index contributed by atoms with van der Waals surface area (Å²) in [4.78, 5) is 0. The Kier molecular flexibility index (Phi) is 0.667. The molecule has 0 heterocycles. The van der Waals surface area contributed by atoms with E-state index in [1.165, 1.54) is 12.8 Å². The van der Waals surface area contributed by atoms with Crippen molar-refractivity contribution in [3.05, 3.63) is 0 Å². The van der Waals surface area contributed by atoms with E-state index in [4.69, 9.17) is 2.74 Å². The largest absolute Gasteiger partial charge is 0.0599 e. The Labute approximate surface area is 48.7 Å². The maximum atomic E-state index is 7.24. The van der Waals surface area contributed by atoms with Crippen LogP contribution < -0.4 is 0 Å². The van der Waals surface area contributed by atoms with Crippen LogP contribution in [0.5, 0.6) is 0 Å². The Balaban J connectivity index is 2.51. The van der Waals surface area contributed by atoms with Crippen molar-refractivity contribution >= 4 is 0 Å². The highest BCUT2D eigenvalue weighted by Gasteiger charge is 2.21. The third kappa shape index (κ3) is 1.19. The van der Waals surface area contributed by atoms with Crippen LogP contribution in [0.3, 0.4) is 0 Å². The molecule has 0 heteroatoms. The predicted octanol–water partition coefficient (Wildman–Crippen LogP) is 2.59. The first kappa shape index (κ1) is 3.11. The van der Waals surface area contributed by atoms with E-state index in [-0.39, 0.29) is 5.41 Å². The summed E-state index contributed by atoms with van der Waals surface area (Å²) in [5.74, 6) is 0.